The number of aromatic amines is 1. The summed E-state index contributed by atoms with van der Waals surface area (Å²) in [6.45, 7) is 0.816. The van der Waals surface area contributed by atoms with E-state index < -0.39 is 0 Å². The first-order valence-corrected chi connectivity index (χ1v) is 8.46. The number of nitrogens with one attached hydrogen (secondary N) is 2. The fourth-order valence-corrected chi connectivity index (χ4v) is 3.90. The molecule has 2 N–H and O–H groups in total. The minimum atomic E-state index is 0.0533. The molecule has 0 unspecified atom stereocenters. The fraction of sp³-hybridized carbons (Fsp3) is 0.444. The van der Waals surface area contributed by atoms with E-state index in [4.69, 9.17) is 0 Å². The first-order valence-electron chi connectivity index (χ1n) is 8.46. The number of likely N-dealkylation sites (tertiary alicyclic amines) is 1. The maximum Gasteiger partial charge on any atom is 0.318 e. The second-order valence-corrected chi connectivity index (χ2v) is 6.48. The Morgan fingerprint density at radius 1 is 1.26 bits per heavy atom. The van der Waals surface area contributed by atoms with E-state index in [1.807, 2.05) is 17.3 Å². The van der Waals surface area contributed by atoms with Crippen LogP contribution in [0.15, 0.2) is 36.7 Å². The molecule has 1 fully saturated rings. The number of aromatic nitrogens is 2. The van der Waals surface area contributed by atoms with Gasteiger partial charge in [0.05, 0.1) is 18.3 Å². The lowest BCUT2D eigenvalue weighted by atomic mass is 9.98. The van der Waals surface area contributed by atoms with Crippen molar-refractivity contribution in [1.82, 2.24) is 20.4 Å². The molecular weight excluding hydrogens is 288 g/mol. The molecule has 5 nitrogen and oxygen atoms in total. The van der Waals surface area contributed by atoms with Gasteiger partial charge in [-0.05, 0) is 43.2 Å². The number of aryl methyl sites for hydroxylation is 1. The maximum atomic E-state index is 12.9. The van der Waals surface area contributed by atoms with Crippen molar-refractivity contribution in [1.29, 1.82) is 0 Å². The van der Waals surface area contributed by atoms with Crippen LogP contribution in [0.25, 0.3) is 0 Å². The van der Waals surface area contributed by atoms with Crippen LogP contribution in [0.4, 0.5) is 4.79 Å². The highest BCUT2D eigenvalue weighted by Crippen LogP contribution is 2.33. The number of nitrogens with zero attached hydrogens (tertiary/aromatic N) is 2. The SMILES string of the molecule is O=C(N[C@@H]1CCc2ccccc21)N1CCCC[C@@H]1c1cn[nH]c1. The Hall–Kier alpha value is -2.30. The number of H-pyrrole nitrogens is 1. The van der Waals surface area contributed by atoms with Crippen molar-refractivity contribution in [3.8, 4) is 0 Å². The van der Waals surface area contributed by atoms with Gasteiger partial charge >= 0.3 is 6.03 Å². The second kappa shape index (κ2) is 6.07. The van der Waals surface area contributed by atoms with Crippen molar-refractivity contribution in [2.75, 3.05) is 6.54 Å². The van der Waals surface area contributed by atoms with Crippen LogP contribution in [-0.4, -0.2) is 27.7 Å². The maximum absolute atomic E-state index is 12.9. The average Bonchev–Trinajstić information content (AvgIpc) is 3.25. The van der Waals surface area contributed by atoms with Gasteiger partial charge in [0.15, 0.2) is 0 Å². The van der Waals surface area contributed by atoms with E-state index in [1.165, 1.54) is 11.1 Å². The van der Waals surface area contributed by atoms with E-state index in [0.29, 0.717) is 0 Å². The molecule has 120 valence electrons. The van der Waals surface area contributed by atoms with E-state index in [2.05, 4.69) is 39.8 Å². The highest BCUT2D eigenvalue weighted by molar-refractivity contribution is 5.75. The molecule has 2 heterocycles. The predicted octanol–water partition coefficient (Wildman–Crippen LogP) is 3.33. The lowest BCUT2D eigenvalue weighted by molar-refractivity contribution is 0.148. The monoisotopic (exact) mass is 310 g/mol. The Morgan fingerprint density at radius 3 is 3.04 bits per heavy atom. The molecule has 1 aromatic heterocycles. The zero-order valence-corrected chi connectivity index (χ0v) is 13.2. The summed E-state index contributed by atoms with van der Waals surface area (Å²) in [5.74, 6) is 0. The second-order valence-electron chi connectivity index (χ2n) is 6.48. The molecule has 23 heavy (non-hydrogen) atoms. The first kappa shape index (κ1) is 14.3. The molecule has 2 aliphatic rings. The zero-order valence-electron chi connectivity index (χ0n) is 13.2. The van der Waals surface area contributed by atoms with Gasteiger partial charge in [-0.2, -0.15) is 5.10 Å². The minimum Gasteiger partial charge on any atom is -0.331 e. The van der Waals surface area contributed by atoms with Gasteiger partial charge in [0.1, 0.15) is 0 Å². The molecule has 2 amide bonds. The quantitative estimate of drug-likeness (QED) is 0.893. The van der Waals surface area contributed by atoms with Crippen LogP contribution < -0.4 is 5.32 Å². The number of benzene rings is 1. The summed E-state index contributed by atoms with van der Waals surface area (Å²) in [4.78, 5) is 14.8. The molecule has 0 bridgehead atoms. The number of fused-ring (bicyclic) bond motifs is 1. The third-order valence-electron chi connectivity index (χ3n) is 5.10. The van der Waals surface area contributed by atoms with Crippen LogP contribution in [-0.2, 0) is 6.42 Å². The summed E-state index contributed by atoms with van der Waals surface area (Å²) in [7, 11) is 0. The summed E-state index contributed by atoms with van der Waals surface area (Å²) in [5, 5.41) is 10.2. The lowest BCUT2D eigenvalue weighted by Gasteiger charge is -2.36. The van der Waals surface area contributed by atoms with Gasteiger partial charge < -0.3 is 10.2 Å². The highest BCUT2D eigenvalue weighted by Gasteiger charge is 2.31. The number of piperidine rings is 1. The number of urea groups is 1. The van der Waals surface area contributed by atoms with Crippen molar-refractivity contribution < 1.29 is 4.79 Å². The molecule has 1 aliphatic carbocycles. The number of hydrogen-bond donors (Lipinski definition) is 2. The minimum absolute atomic E-state index is 0.0533. The Balaban J connectivity index is 1.50. The lowest BCUT2D eigenvalue weighted by Crippen LogP contribution is -2.45. The van der Waals surface area contributed by atoms with Crippen LogP contribution in [0, 0.1) is 0 Å². The van der Waals surface area contributed by atoms with E-state index in [9.17, 15) is 4.79 Å². The number of carbonyl (C=O) groups is 1. The van der Waals surface area contributed by atoms with E-state index in [1.54, 1.807) is 0 Å². The van der Waals surface area contributed by atoms with Crippen LogP contribution >= 0.6 is 0 Å². The van der Waals surface area contributed by atoms with Gasteiger partial charge in [0.25, 0.3) is 0 Å². The summed E-state index contributed by atoms with van der Waals surface area (Å²) in [5.41, 5.74) is 3.74. The van der Waals surface area contributed by atoms with E-state index >= 15 is 0 Å². The Labute approximate surface area is 136 Å². The summed E-state index contributed by atoms with van der Waals surface area (Å²) in [6.07, 6.45) is 9.02. The molecule has 4 rings (SSSR count). The van der Waals surface area contributed by atoms with Gasteiger partial charge in [0, 0.05) is 18.3 Å². The van der Waals surface area contributed by atoms with Gasteiger partial charge in [0.2, 0.25) is 0 Å². The standard InChI is InChI=1S/C18H22N4O/c23-18(21-16-9-8-13-5-1-2-6-15(13)16)22-10-4-3-7-17(22)14-11-19-20-12-14/h1-2,5-6,11-12,16-17H,3-4,7-10H2,(H,19,20)(H,21,23)/t16-,17-/m1/s1. The molecule has 2 atom stereocenters. The van der Waals surface area contributed by atoms with Crippen molar-refractivity contribution in [3.05, 3.63) is 53.3 Å². The van der Waals surface area contributed by atoms with Crippen LogP contribution in [0.3, 0.4) is 0 Å². The third-order valence-corrected chi connectivity index (χ3v) is 5.10. The predicted molar refractivity (Wildman–Crippen MR) is 87.9 cm³/mol. The van der Waals surface area contributed by atoms with Gasteiger partial charge in [-0.3, -0.25) is 5.10 Å². The Morgan fingerprint density at radius 2 is 2.17 bits per heavy atom. The summed E-state index contributed by atoms with van der Waals surface area (Å²) < 4.78 is 0. The number of rotatable bonds is 2. The topological polar surface area (TPSA) is 61.0 Å². The van der Waals surface area contributed by atoms with Crippen LogP contribution in [0.1, 0.15) is 54.5 Å². The Kier molecular flexibility index (Phi) is 3.77. The molecule has 2 aromatic rings. The smallest absolute Gasteiger partial charge is 0.318 e. The zero-order chi connectivity index (χ0) is 15.6. The number of hydrogen-bond acceptors (Lipinski definition) is 2. The number of amides is 2. The van der Waals surface area contributed by atoms with Crippen LogP contribution in [0.2, 0.25) is 0 Å². The molecule has 1 aliphatic heterocycles. The molecule has 0 radical (unpaired) electrons. The molecule has 0 spiro atoms. The van der Waals surface area contributed by atoms with Crippen molar-refractivity contribution in [3.63, 3.8) is 0 Å². The van der Waals surface area contributed by atoms with Gasteiger partial charge in [-0.25, -0.2) is 4.79 Å². The van der Waals surface area contributed by atoms with Crippen molar-refractivity contribution in [2.24, 2.45) is 0 Å². The molecule has 5 heteroatoms. The van der Waals surface area contributed by atoms with E-state index in [-0.39, 0.29) is 18.1 Å². The number of carbonyl (C=O) groups excluding carboxylic acids is 1. The molecular formula is C18H22N4O. The fourth-order valence-electron chi connectivity index (χ4n) is 3.90. The van der Waals surface area contributed by atoms with Crippen molar-refractivity contribution >= 4 is 6.03 Å². The normalized spacial score (nSPS) is 23.6. The summed E-state index contributed by atoms with van der Waals surface area (Å²) in [6, 6.07) is 8.76. The van der Waals surface area contributed by atoms with Crippen LogP contribution in [0.5, 0.6) is 0 Å². The average molecular weight is 310 g/mol. The van der Waals surface area contributed by atoms with Gasteiger partial charge in [-0.15, -0.1) is 0 Å². The van der Waals surface area contributed by atoms with Crippen molar-refractivity contribution in [2.45, 2.75) is 44.2 Å². The summed E-state index contributed by atoms with van der Waals surface area (Å²) >= 11 is 0. The van der Waals surface area contributed by atoms with Gasteiger partial charge in [-0.1, -0.05) is 24.3 Å². The molecule has 1 saturated heterocycles. The molecule has 1 aromatic carbocycles. The first-order chi connectivity index (χ1) is 11.3. The Bertz CT molecular complexity index is 682. The highest BCUT2D eigenvalue weighted by atomic mass is 16.2. The molecule has 0 saturated carbocycles. The largest absolute Gasteiger partial charge is 0.331 e. The van der Waals surface area contributed by atoms with E-state index in [0.717, 1.165) is 44.2 Å². The third kappa shape index (κ3) is 2.71.